The lowest BCUT2D eigenvalue weighted by Gasteiger charge is -2.06. The molecule has 0 aliphatic carbocycles. The SMILES string of the molecule is O=c1[nH]ncc2c1ccc1c2c2ccccc2n1CCCF. The minimum absolute atomic E-state index is 0.194. The number of hydrogen-bond acceptors (Lipinski definition) is 2. The van der Waals surface area contributed by atoms with Crippen molar-refractivity contribution in [1.82, 2.24) is 14.8 Å². The molecule has 0 aliphatic heterocycles. The Labute approximate surface area is 125 Å². The number of halogens is 1. The Balaban J connectivity index is 2.21. The second kappa shape index (κ2) is 4.94. The van der Waals surface area contributed by atoms with E-state index in [2.05, 4.69) is 14.8 Å². The van der Waals surface area contributed by atoms with Crippen molar-refractivity contribution in [1.29, 1.82) is 0 Å². The van der Waals surface area contributed by atoms with Gasteiger partial charge in [0.1, 0.15) is 0 Å². The molecule has 0 radical (unpaired) electrons. The summed E-state index contributed by atoms with van der Waals surface area (Å²) in [5.74, 6) is 0. The van der Waals surface area contributed by atoms with Gasteiger partial charge >= 0.3 is 0 Å². The lowest BCUT2D eigenvalue weighted by molar-refractivity contribution is 0.452. The number of rotatable bonds is 3. The maximum absolute atomic E-state index is 12.6. The number of aromatic amines is 1. The number of aryl methyl sites for hydroxylation is 1. The van der Waals surface area contributed by atoms with Crippen LogP contribution in [-0.4, -0.2) is 21.4 Å². The van der Waals surface area contributed by atoms with Gasteiger partial charge in [0.15, 0.2) is 0 Å². The first kappa shape index (κ1) is 13.0. The highest BCUT2D eigenvalue weighted by Crippen LogP contribution is 2.33. The maximum Gasteiger partial charge on any atom is 0.272 e. The van der Waals surface area contributed by atoms with E-state index in [0.29, 0.717) is 18.4 Å². The normalized spacial score (nSPS) is 11.7. The third kappa shape index (κ3) is 1.75. The number of nitrogens with zero attached hydrogens (tertiary/aromatic N) is 2. The van der Waals surface area contributed by atoms with Crippen molar-refractivity contribution in [2.45, 2.75) is 13.0 Å². The molecule has 110 valence electrons. The topological polar surface area (TPSA) is 50.7 Å². The highest BCUT2D eigenvalue weighted by atomic mass is 19.1. The van der Waals surface area contributed by atoms with Crippen LogP contribution in [0.1, 0.15) is 6.42 Å². The molecule has 2 aromatic heterocycles. The van der Waals surface area contributed by atoms with Gasteiger partial charge in [0.25, 0.3) is 5.56 Å². The van der Waals surface area contributed by atoms with Crippen LogP contribution in [0.4, 0.5) is 4.39 Å². The molecule has 4 aromatic rings. The summed E-state index contributed by atoms with van der Waals surface area (Å²) >= 11 is 0. The summed E-state index contributed by atoms with van der Waals surface area (Å²) in [5.41, 5.74) is 1.87. The van der Waals surface area contributed by atoms with Crippen molar-refractivity contribution >= 4 is 32.6 Å². The summed E-state index contributed by atoms with van der Waals surface area (Å²) in [5, 5.41) is 9.92. The van der Waals surface area contributed by atoms with E-state index in [0.717, 1.165) is 27.2 Å². The van der Waals surface area contributed by atoms with Gasteiger partial charge in [-0.25, -0.2) is 5.10 Å². The summed E-state index contributed by atoms with van der Waals surface area (Å²) in [6.45, 7) is 0.269. The summed E-state index contributed by atoms with van der Waals surface area (Å²) in [6.07, 6.45) is 2.16. The van der Waals surface area contributed by atoms with E-state index in [4.69, 9.17) is 0 Å². The Morgan fingerprint density at radius 3 is 2.77 bits per heavy atom. The molecule has 2 heterocycles. The first-order valence-electron chi connectivity index (χ1n) is 7.24. The number of fused-ring (bicyclic) bond motifs is 5. The molecule has 0 saturated carbocycles. The van der Waals surface area contributed by atoms with Crippen LogP contribution in [-0.2, 0) is 6.54 Å². The van der Waals surface area contributed by atoms with E-state index < -0.39 is 0 Å². The molecule has 0 fully saturated rings. The number of alkyl halides is 1. The van der Waals surface area contributed by atoms with Gasteiger partial charge in [-0.15, -0.1) is 0 Å². The maximum atomic E-state index is 12.6. The molecule has 0 aliphatic rings. The monoisotopic (exact) mass is 295 g/mol. The smallest absolute Gasteiger partial charge is 0.272 e. The Morgan fingerprint density at radius 1 is 1.05 bits per heavy atom. The molecule has 0 unspecified atom stereocenters. The van der Waals surface area contributed by atoms with Gasteiger partial charge < -0.3 is 4.57 Å². The van der Waals surface area contributed by atoms with E-state index in [1.807, 2.05) is 36.4 Å². The highest BCUT2D eigenvalue weighted by Gasteiger charge is 2.13. The van der Waals surface area contributed by atoms with Gasteiger partial charge in [0.05, 0.1) is 18.3 Å². The fourth-order valence-electron chi connectivity index (χ4n) is 3.17. The zero-order chi connectivity index (χ0) is 15.1. The van der Waals surface area contributed by atoms with Gasteiger partial charge in [-0.1, -0.05) is 18.2 Å². The van der Waals surface area contributed by atoms with Crippen LogP contribution in [0.3, 0.4) is 0 Å². The molecule has 0 spiro atoms. The van der Waals surface area contributed by atoms with Crippen LogP contribution in [0, 0.1) is 0 Å². The number of aromatic nitrogens is 3. The molecule has 0 bridgehead atoms. The van der Waals surface area contributed by atoms with Gasteiger partial charge in [0.2, 0.25) is 0 Å². The number of hydrogen-bond donors (Lipinski definition) is 1. The van der Waals surface area contributed by atoms with Gasteiger partial charge in [-0.2, -0.15) is 5.10 Å². The van der Waals surface area contributed by atoms with Crippen LogP contribution in [0.2, 0.25) is 0 Å². The Morgan fingerprint density at radius 2 is 1.91 bits per heavy atom. The Hall–Kier alpha value is -2.69. The molecule has 5 heteroatoms. The zero-order valence-corrected chi connectivity index (χ0v) is 11.8. The van der Waals surface area contributed by atoms with Crippen molar-refractivity contribution in [3.63, 3.8) is 0 Å². The van der Waals surface area contributed by atoms with E-state index in [1.165, 1.54) is 0 Å². The van der Waals surface area contributed by atoms with Crippen molar-refractivity contribution in [3.8, 4) is 0 Å². The predicted molar refractivity (Wildman–Crippen MR) is 86.0 cm³/mol. The summed E-state index contributed by atoms with van der Waals surface area (Å²) in [4.78, 5) is 12.0. The minimum atomic E-state index is -0.344. The molecule has 0 saturated heterocycles. The molecular weight excluding hydrogens is 281 g/mol. The number of H-pyrrole nitrogens is 1. The molecule has 0 amide bonds. The van der Waals surface area contributed by atoms with E-state index in [9.17, 15) is 9.18 Å². The summed E-state index contributed by atoms with van der Waals surface area (Å²) < 4.78 is 14.7. The minimum Gasteiger partial charge on any atom is -0.340 e. The van der Waals surface area contributed by atoms with Crippen LogP contribution in [0.15, 0.2) is 47.4 Å². The predicted octanol–water partition coefficient (Wildman–Crippen LogP) is 3.39. The van der Waals surface area contributed by atoms with E-state index >= 15 is 0 Å². The fraction of sp³-hybridized carbons (Fsp3) is 0.176. The highest BCUT2D eigenvalue weighted by molar-refractivity contribution is 6.20. The Bertz CT molecular complexity index is 1050. The van der Waals surface area contributed by atoms with Gasteiger partial charge in [-0.05, 0) is 24.6 Å². The first-order chi connectivity index (χ1) is 10.8. The third-order valence-corrected chi connectivity index (χ3v) is 4.10. The Kier molecular flexibility index (Phi) is 2.92. The summed E-state index contributed by atoms with van der Waals surface area (Å²) in [6, 6.07) is 11.7. The van der Waals surface area contributed by atoms with E-state index in [1.54, 1.807) is 6.20 Å². The van der Waals surface area contributed by atoms with Crippen LogP contribution >= 0.6 is 0 Å². The summed E-state index contributed by atoms with van der Waals surface area (Å²) in [7, 11) is 0. The standard InChI is InChI=1S/C17H14FN3O/c18-8-3-9-21-14-5-2-1-4-12(14)16-13-10-19-20-17(22)11(13)6-7-15(16)21/h1-2,4-7,10H,3,8-9H2,(H,20,22). The second-order valence-electron chi connectivity index (χ2n) is 5.33. The number of benzene rings is 2. The van der Waals surface area contributed by atoms with Crippen molar-refractivity contribution < 1.29 is 4.39 Å². The molecule has 1 N–H and O–H groups in total. The second-order valence-corrected chi connectivity index (χ2v) is 5.33. The number of nitrogens with one attached hydrogen (secondary N) is 1. The molecule has 0 atom stereocenters. The van der Waals surface area contributed by atoms with Crippen molar-refractivity contribution in [2.24, 2.45) is 0 Å². The molecule has 22 heavy (non-hydrogen) atoms. The largest absolute Gasteiger partial charge is 0.340 e. The third-order valence-electron chi connectivity index (χ3n) is 4.10. The van der Waals surface area contributed by atoms with Crippen molar-refractivity contribution in [3.05, 3.63) is 52.9 Å². The molecule has 4 nitrogen and oxygen atoms in total. The van der Waals surface area contributed by atoms with Gasteiger partial charge in [-0.3, -0.25) is 9.18 Å². The zero-order valence-electron chi connectivity index (χ0n) is 11.8. The number of para-hydroxylation sites is 1. The first-order valence-corrected chi connectivity index (χ1v) is 7.24. The lowest BCUT2D eigenvalue weighted by Crippen LogP contribution is -2.07. The molecule has 4 rings (SSSR count). The molecule has 2 aromatic carbocycles. The van der Waals surface area contributed by atoms with Gasteiger partial charge in [0, 0.05) is 33.7 Å². The van der Waals surface area contributed by atoms with Crippen molar-refractivity contribution in [2.75, 3.05) is 6.67 Å². The average Bonchev–Trinajstić information content (AvgIpc) is 2.87. The van der Waals surface area contributed by atoms with Crippen LogP contribution in [0.25, 0.3) is 32.6 Å². The van der Waals surface area contributed by atoms with Crippen LogP contribution < -0.4 is 5.56 Å². The molecular formula is C17H14FN3O. The lowest BCUT2D eigenvalue weighted by atomic mass is 10.1. The fourth-order valence-corrected chi connectivity index (χ4v) is 3.17. The quantitative estimate of drug-likeness (QED) is 0.630. The van der Waals surface area contributed by atoms with E-state index in [-0.39, 0.29) is 12.2 Å². The average molecular weight is 295 g/mol. The van der Waals surface area contributed by atoms with Crippen LogP contribution in [0.5, 0.6) is 0 Å².